The minimum absolute atomic E-state index is 0.638. The molecule has 0 radical (unpaired) electrons. The summed E-state index contributed by atoms with van der Waals surface area (Å²) in [6.45, 7) is 0. The van der Waals surface area contributed by atoms with Crippen molar-refractivity contribution < 1.29 is 0 Å². The number of H-pyrrole nitrogens is 1. The van der Waals surface area contributed by atoms with E-state index in [-0.39, 0.29) is 0 Å². The number of fused-ring (bicyclic) bond motifs is 1. The van der Waals surface area contributed by atoms with Gasteiger partial charge in [-0.3, -0.25) is 0 Å². The lowest BCUT2D eigenvalue weighted by atomic mass is 10.4. The first-order chi connectivity index (χ1) is 7.18. The Labute approximate surface area is 95.4 Å². The van der Waals surface area contributed by atoms with Crippen LogP contribution >= 0.6 is 15.9 Å². The molecule has 2 heterocycles. The van der Waals surface area contributed by atoms with Crippen LogP contribution in [0.15, 0.2) is 22.0 Å². The summed E-state index contributed by atoms with van der Waals surface area (Å²) in [6.07, 6.45) is 5.04. The summed E-state index contributed by atoms with van der Waals surface area (Å²) in [7, 11) is 3.82. The Morgan fingerprint density at radius 2 is 2.27 bits per heavy atom. The second-order valence-corrected chi connectivity index (χ2v) is 4.12. The molecule has 5 nitrogen and oxygen atoms in total. The maximum atomic E-state index is 4.24. The lowest BCUT2D eigenvalue weighted by Crippen LogP contribution is -2.07. The van der Waals surface area contributed by atoms with E-state index in [0.29, 0.717) is 5.82 Å². The molecule has 0 spiro atoms. The second kappa shape index (κ2) is 3.98. The number of halogens is 1. The van der Waals surface area contributed by atoms with Gasteiger partial charge in [0.25, 0.3) is 0 Å². The number of aromatic nitrogens is 3. The van der Waals surface area contributed by atoms with Gasteiger partial charge in [-0.15, -0.1) is 0 Å². The van der Waals surface area contributed by atoms with Gasteiger partial charge in [0.1, 0.15) is 17.4 Å². The molecule has 2 aromatic heterocycles. The Bertz CT molecular complexity index is 502. The fourth-order valence-electron chi connectivity index (χ4n) is 1.16. The highest BCUT2D eigenvalue weighted by Gasteiger charge is 2.06. The first kappa shape index (κ1) is 10.1. The Kier molecular flexibility index (Phi) is 2.68. The van der Waals surface area contributed by atoms with E-state index in [2.05, 4.69) is 35.9 Å². The van der Waals surface area contributed by atoms with E-state index in [4.69, 9.17) is 0 Å². The van der Waals surface area contributed by atoms with Gasteiger partial charge in [-0.2, -0.15) is 0 Å². The highest BCUT2D eigenvalue weighted by molar-refractivity contribution is 9.10. The van der Waals surface area contributed by atoms with Crippen molar-refractivity contribution in [3.8, 4) is 0 Å². The van der Waals surface area contributed by atoms with Crippen LogP contribution in [-0.4, -0.2) is 40.3 Å². The van der Waals surface area contributed by atoms with E-state index >= 15 is 0 Å². The van der Waals surface area contributed by atoms with Crippen LogP contribution in [0.1, 0.15) is 0 Å². The number of hydrogen-bond donors (Lipinski definition) is 1. The number of aliphatic imine (C=N–C) groups is 1. The minimum atomic E-state index is 0.638. The van der Waals surface area contributed by atoms with Gasteiger partial charge in [-0.25, -0.2) is 15.0 Å². The molecule has 2 rings (SSSR count). The second-order valence-electron chi connectivity index (χ2n) is 3.27. The summed E-state index contributed by atoms with van der Waals surface area (Å²) in [4.78, 5) is 17.4. The molecule has 0 amide bonds. The maximum absolute atomic E-state index is 4.24. The topological polar surface area (TPSA) is 57.2 Å². The van der Waals surface area contributed by atoms with E-state index < -0.39 is 0 Å². The number of hydrogen-bond acceptors (Lipinski definition) is 3. The summed E-state index contributed by atoms with van der Waals surface area (Å²) < 4.78 is 0.918. The number of rotatable bonds is 2. The first-order valence-corrected chi connectivity index (χ1v) is 5.16. The smallest absolute Gasteiger partial charge is 0.181 e. The highest BCUT2D eigenvalue weighted by atomic mass is 79.9. The zero-order chi connectivity index (χ0) is 10.8. The lowest BCUT2D eigenvalue weighted by molar-refractivity contribution is 0.643. The lowest BCUT2D eigenvalue weighted by Gasteiger charge is -2.01. The zero-order valence-corrected chi connectivity index (χ0v) is 9.98. The van der Waals surface area contributed by atoms with E-state index in [1.54, 1.807) is 6.34 Å². The van der Waals surface area contributed by atoms with Crippen molar-refractivity contribution in [3.05, 3.63) is 17.0 Å². The van der Waals surface area contributed by atoms with Crippen LogP contribution < -0.4 is 0 Å². The summed E-state index contributed by atoms with van der Waals surface area (Å²) in [5.74, 6) is 0.638. The van der Waals surface area contributed by atoms with Gasteiger partial charge in [0.05, 0.1) is 10.8 Å². The molecular weight excluding hydrogens is 258 g/mol. The van der Waals surface area contributed by atoms with Crippen LogP contribution in [0.3, 0.4) is 0 Å². The quantitative estimate of drug-likeness (QED) is 0.669. The fraction of sp³-hybridized carbons (Fsp3) is 0.222. The minimum Gasteiger partial charge on any atom is -0.369 e. The van der Waals surface area contributed by atoms with Gasteiger partial charge in [0.15, 0.2) is 5.82 Å². The molecule has 0 fully saturated rings. The third-order valence-electron chi connectivity index (χ3n) is 1.81. The van der Waals surface area contributed by atoms with Gasteiger partial charge in [-0.05, 0) is 15.9 Å². The number of nitrogens with one attached hydrogen (secondary N) is 1. The van der Waals surface area contributed by atoms with Crippen LogP contribution in [0, 0.1) is 0 Å². The van der Waals surface area contributed by atoms with Crippen molar-refractivity contribution >= 4 is 39.1 Å². The van der Waals surface area contributed by atoms with Crippen LogP contribution in [0.4, 0.5) is 5.82 Å². The molecule has 0 aliphatic rings. The third kappa shape index (κ3) is 1.99. The van der Waals surface area contributed by atoms with Crippen LogP contribution in [0.25, 0.3) is 11.0 Å². The van der Waals surface area contributed by atoms with E-state index in [1.807, 2.05) is 25.2 Å². The third-order valence-corrected chi connectivity index (χ3v) is 2.41. The normalized spacial score (nSPS) is 11.4. The Balaban J connectivity index is 2.52. The van der Waals surface area contributed by atoms with Crippen LogP contribution in [0.5, 0.6) is 0 Å². The molecule has 0 saturated carbocycles. The number of nitrogens with zero attached hydrogens (tertiary/aromatic N) is 4. The first-order valence-electron chi connectivity index (χ1n) is 4.36. The molecule has 0 unspecified atom stereocenters. The van der Waals surface area contributed by atoms with Crippen molar-refractivity contribution in [2.45, 2.75) is 0 Å². The van der Waals surface area contributed by atoms with Crippen molar-refractivity contribution in [2.24, 2.45) is 4.99 Å². The molecule has 1 N–H and O–H groups in total. The van der Waals surface area contributed by atoms with Crippen LogP contribution in [-0.2, 0) is 0 Å². The van der Waals surface area contributed by atoms with Gasteiger partial charge < -0.3 is 9.88 Å². The molecule has 2 aromatic rings. The molecule has 0 bridgehead atoms. The van der Waals surface area contributed by atoms with E-state index in [1.165, 1.54) is 6.33 Å². The summed E-state index contributed by atoms with van der Waals surface area (Å²) in [6, 6.07) is 0. The van der Waals surface area contributed by atoms with Crippen molar-refractivity contribution in [1.29, 1.82) is 0 Å². The Morgan fingerprint density at radius 1 is 1.47 bits per heavy atom. The average Bonchev–Trinajstić information content (AvgIpc) is 2.58. The Morgan fingerprint density at radius 3 is 3.00 bits per heavy atom. The molecule has 6 heteroatoms. The van der Waals surface area contributed by atoms with Crippen molar-refractivity contribution in [2.75, 3.05) is 14.1 Å². The maximum Gasteiger partial charge on any atom is 0.181 e. The van der Waals surface area contributed by atoms with Crippen molar-refractivity contribution in [3.63, 3.8) is 0 Å². The molecular formula is C9H10BrN5. The van der Waals surface area contributed by atoms with Gasteiger partial charge in [0.2, 0.25) is 0 Å². The molecule has 0 saturated heterocycles. The number of aromatic amines is 1. The molecule has 0 aliphatic carbocycles. The van der Waals surface area contributed by atoms with E-state index in [9.17, 15) is 0 Å². The summed E-state index contributed by atoms with van der Waals surface area (Å²) in [5, 5.41) is 0. The monoisotopic (exact) mass is 267 g/mol. The van der Waals surface area contributed by atoms with Crippen molar-refractivity contribution in [1.82, 2.24) is 19.9 Å². The van der Waals surface area contributed by atoms with Gasteiger partial charge in [-0.1, -0.05) is 0 Å². The Hall–Kier alpha value is -1.43. The standard InChI is InChI=1S/C9H10BrN5/c1-15(2)5-14-9-8-7(12-4-13-9)6(10)3-11-8/h3-5,11H,1-2H3. The van der Waals surface area contributed by atoms with E-state index in [0.717, 1.165) is 15.5 Å². The highest BCUT2D eigenvalue weighted by Crippen LogP contribution is 2.26. The zero-order valence-electron chi connectivity index (χ0n) is 8.40. The van der Waals surface area contributed by atoms with Crippen LogP contribution in [0.2, 0.25) is 0 Å². The molecule has 0 aliphatic heterocycles. The molecule has 0 atom stereocenters. The SMILES string of the molecule is CN(C)C=Nc1ncnc2c(Br)c[nH]c12. The fourth-order valence-corrected chi connectivity index (χ4v) is 1.58. The largest absolute Gasteiger partial charge is 0.369 e. The van der Waals surface area contributed by atoms with Gasteiger partial charge >= 0.3 is 0 Å². The molecule has 0 aromatic carbocycles. The predicted molar refractivity (Wildman–Crippen MR) is 63.4 cm³/mol. The summed E-state index contributed by atoms with van der Waals surface area (Å²) >= 11 is 3.40. The predicted octanol–water partition coefficient (Wildman–Crippen LogP) is 1.94. The van der Waals surface area contributed by atoms with Gasteiger partial charge in [0, 0.05) is 20.3 Å². The molecule has 78 valence electrons. The summed E-state index contributed by atoms with van der Waals surface area (Å²) in [5.41, 5.74) is 1.68. The average molecular weight is 268 g/mol. The molecule has 15 heavy (non-hydrogen) atoms.